The van der Waals surface area contributed by atoms with Crippen molar-refractivity contribution in [1.29, 1.82) is 0 Å². The van der Waals surface area contributed by atoms with Crippen molar-refractivity contribution in [3.63, 3.8) is 0 Å². The number of rotatable bonds is 4. The second-order valence-electron chi connectivity index (χ2n) is 5.61. The highest BCUT2D eigenvalue weighted by Crippen LogP contribution is 2.43. The standard InChI is InChI=1S/C16H14F4N2O3/c1-24-11-6-8(15(23)25-2)5-10(17)13(11)14-21-12(16(18,19)20)7-22(14)9-3-4-9/h5-7,9H,3-4H2,1-2H3. The van der Waals surface area contributed by atoms with Crippen molar-refractivity contribution >= 4 is 5.97 Å². The number of esters is 1. The Kier molecular flexibility index (Phi) is 4.18. The molecular formula is C16H14F4N2O3. The van der Waals surface area contributed by atoms with E-state index in [1.165, 1.54) is 17.7 Å². The lowest BCUT2D eigenvalue weighted by atomic mass is 10.1. The van der Waals surface area contributed by atoms with E-state index in [9.17, 15) is 22.4 Å². The van der Waals surface area contributed by atoms with E-state index in [1.807, 2.05) is 0 Å². The van der Waals surface area contributed by atoms with Crippen molar-refractivity contribution < 1.29 is 31.8 Å². The van der Waals surface area contributed by atoms with E-state index >= 15 is 0 Å². The van der Waals surface area contributed by atoms with Gasteiger partial charge in [-0.1, -0.05) is 0 Å². The molecule has 0 unspecified atom stereocenters. The van der Waals surface area contributed by atoms with Crippen LogP contribution in [0.15, 0.2) is 18.3 Å². The molecule has 134 valence electrons. The molecule has 1 aromatic carbocycles. The highest BCUT2D eigenvalue weighted by atomic mass is 19.4. The summed E-state index contributed by atoms with van der Waals surface area (Å²) in [6.45, 7) is 0. The van der Waals surface area contributed by atoms with E-state index in [0.717, 1.165) is 19.4 Å². The summed E-state index contributed by atoms with van der Waals surface area (Å²) in [6, 6.07) is 1.94. The van der Waals surface area contributed by atoms with Crippen molar-refractivity contribution in [3.05, 3.63) is 35.4 Å². The lowest BCUT2D eigenvalue weighted by molar-refractivity contribution is -0.140. The van der Waals surface area contributed by atoms with Gasteiger partial charge in [-0.25, -0.2) is 14.2 Å². The van der Waals surface area contributed by atoms with E-state index in [0.29, 0.717) is 12.8 Å². The van der Waals surface area contributed by atoms with Gasteiger partial charge in [0.25, 0.3) is 0 Å². The number of imidazole rings is 1. The minimum absolute atomic E-state index is 0.0957. The van der Waals surface area contributed by atoms with Gasteiger partial charge in [0.15, 0.2) is 5.69 Å². The van der Waals surface area contributed by atoms with Crippen LogP contribution in [0.25, 0.3) is 11.4 Å². The van der Waals surface area contributed by atoms with Crippen LogP contribution in [0.5, 0.6) is 5.75 Å². The quantitative estimate of drug-likeness (QED) is 0.616. The Bertz CT molecular complexity index is 826. The summed E-state index contributed by atoms with van der Waals surface area (Å²) in [5, 5.41) is 0. The summed E-state index contributed by atoms with van der Waals surface area (Å²) >= 11 is 0. The van der Waals surface area contributed by atoms with Gasteiger partial charge in [-0.15, -0.1) is 0 Å². The van der Waals surface area contributed by atoms with Crippen LogP contribution in [0, 0.1) is 5.82 Å². The van der Waals surface area contributed by atoms with Crippen molar-refractivity contribution in [2.45, 2.75) is 25.1 Å². The number of alkyl halides is 3. The zero-order chi connectivity index (χ0) is 18.4. The maximum atomic E-state index is 14.6. The monoisotopic (exact) mass is 358 g/mol. The van der Waals surface area contributed by atoms with Gasteiger partial charge in [-0.2, -0.15) is 13.2 Å². The average molecular weight is 358 g/mol. The minimum Gasteiger partial charge on any atom is -0.496 e. The topological polar surface area (TPSA) is 53.3 Å². The minimum atomic E-state index is -4.65. The first-order valence-electron chi connectivity index (χ1n) is 7.38. The first-order chi connectivity index (χ1) is 11.8. The Labute approximate surface area is 140 Å². The molecule has 5 nitrogen and oxygen atoms in total. The normalized spacial score (nSPS) is 14.5. The SMILES string of the molecule is COC(=O)c1cc(F)c(-c2nc(C(F)(F)F)cn2C2CC2)c(OC)c1. The fourth-order valence-electron chi connectivity index (χ4n) is 2.54. The number of methoxy groups -OCH3 is 2. The molecule has 0 radical (unpaired) electrons. The number of benzene rings is 1. The van der Waals surface area contributed by atoms with E-state index in [-0.39, 0.29) is 28.7 Å². The van der Waals surface area contributed by atoms with Gasteiger partial charge in [0, 0.05) is 12.2 Å². The number of hydrogen-bond donors (Lipinski definition) is 0. The van der Waals surface area contributed by atoms with Crippen molar-refractivity contribution in [2.75, 3.05) is 14.2 Å². The molecule has 1 aromatic heterocycles. The molecule has 0 N–H and O–H groups in total. The van der Waals surface area contributed by atoms with Crippen molar-refractivity contribution in [3.8, 4) is 17.1 Å². The average Bonchev–Trinajstić information content (AvgIpc) is 3.31. The summed E-state index contributed by atoms with van der Waals surface area (Å²) in [4.78, 5) is 15.2. The lowest BCUT2D eigenvalue weighted by Gasteiger charge is -2.13. The number of halogens is 4. The number of nitrogens with zero attached hydrogens (tertiary/aromatic N) is 2. The molecule has 0 atom stereocenters. The second-order valence-corrected chi connectivity index (χ2v) is 5.61. The molecule has 1 heterocycles. The second kappa shape index (κ2) is 6.05. The van der Waals surface area contributed by atoms with Gasteiger partial charge in [0.2, 0.25) is 0 Å². The van der Waals surface area contributed by atoms with Crippen LogP contribution < -0.4 is 4.74 Å². The molecule has 0 saturated heterocycles. The third-order valence-electron chi connectivity index (χ3n) is 3.88. The van der Waals surface area contributed by atoms with Gasteiger partial charge in [0.05, 0.1) is 25.3 Å². The smallest absolute Gasteiger partial charge is 0.434 e. The summed E-state index contributed by atoms with van der Waals surface area (Å²) in [5.41, 5.74) is -1.44. The summed E-state index contributed by atoms with van der Waals surface area (Å²) in [6.07, 6.45) is -2.40. The van der Waals surface area contributed by atoms with Crippen LogP contribution in [-0.4, -0.2) is 29.7 Å². The molecule has 2 aromatic rings. The molecule has 1 fully saturated rings. The molecule has 0 aliphatic heterocycles. The highest BCUT2D eigenvalue weighted by molar-refractivity contribution is 5.91. The zero-order valence-electron chi connectivity index (χ0n) is 13.4. The number of ether oxygens (including phenoxy) is 2. The van der Waals surface area contributed by atoms with E-state index in [2.05, 4.69) is 9.72 Å². The highest BCUT2D eigenvalue weighted by Gasteiger charge is 2.38. The first kappa shape index (κ1) is 17.2. The van der Waals surface area contributed by atoms with Crippen LogP contribution in [0.2, 0.25) is 0 Å². The maximum absolute atomic E-state index is 14.6. The predicted molar refractivity (Wildman–Crippen MR) is 78.8 cm³/mol. The number of aromatic nitrogens is 2. The molecule has 3 rings (SSSR count). The molecule has 25 heavy (non-hydrogen) atoms. The Balaban J connectivity index is 2.19. The molecule has 1 aliphatic rings. The summed E-state index contributed by atoms with van der Waals surface area (Å²) in [5.74, 6) is -1.98. The van der Waals surface area contributed by atoms with Gasteiger partial charge >= 0.3 is 12.1 Å². The number of hydrogen-bond acceptors (Lipinski definition) is 4. The van der Waals surface area contributed by atoms with Gasteiger partial charge < -0.3 is 14.0 Å². The van der Waals surface area contributed by atoms with Crippen LogP contribution >= 0.6 is 0 Å². The van der Waals surface area contributed by atoms with Crippen LogP contribution in [-0.2, 0) is 10.9 Å². The lowest BCUT2D eigenvalue weighted by Crippen LogP contribution is -2.06. The molecule has 9 heteroatoms. The van der Waals surface area contributed by atoms with Crippen molar-refractivity contribution in [2.24, 2.45) is 0 Å². The molecule has 0 spiro atoms. The van der Waals surface area contributed by atoms with Crippen LogP contribution in [0.4, 0.5) is 17.6 Å². The predicted octanol–water partition coefficient (Wildman–Crippen LogP) is 3.84. The fourth-order valence-corrected chi connectivity index (χ4v) is 2.54. The molecule has 1 saturated carbocycles. The Morgan fingerprint density at radius 1 is 1.28 bits per heavy atom. The zero-order valence-corrected chi connectivity index (χ0v) is 13.4. The molecule has 0 bridgehead atoms. The van der Waals surface area contributed by atoms with E-state index in [4.69, 9.17) is 4.74 Å². The molecule has 0 amide bonds. The summed E-state index contributed by atoms with van der Waals surface area (Å²) < 4.78 is 64.6. The fraction of sp³-hybridized carbons (Fsp3) is 0.375. The molecule has 1 aliphatic carbocycles. The van der Waals surface area contributed by atoms with Gasteiger partial charge in [-0.3, -0.25) is 0 Å². The number of carbonyl (C=O) groups is 1. The largest absolute Gasteiger partial charge is 0.496 e. The van der Waals surface area contributed by atoms with E-state index in [1.54, 1.807) is 0 Å². The third kappa shape index (κ3) is 3.18. The van der Waals surface area contributed by atoms with Crippen LogP contribution in [0.3, 0.4) is 0 Å². The summed E-state index contributed by atoms with van der Waals surface area (Å²) in [7, 11) is 2.37. The first-order valence-corrected chi connectivity index (χ1v) is 7.38. The third-order valence-corrected chi connectivity index (χ3v) is 3.88. The van der Waals surface area contributed by atoms with Crippen molar-refractivity contribution in [1.82, 2.24) is 9.55 Å². The van der Waals surface area contributed by atoms with Gasteiger partial charge in [-0.05, 0) is 25.0 Å². The van der Waals surface area contributed by atoms with Gasteiger partial charge in [0.1, 0.15) is 17.4 Å². The molecular weight excluding hydrogens is 344 g/mol. The Hall–Kier alpha value is -2.58. The van der Waals surface area contributed by atoms with E-state index < -0.39 is 23.7 Å². The van der Waals surface area contributed by atoms with Crippen LogP contribution in [0.1, 0.15) is 34.9 Å². The Morgan fingerprint density at radius 3 is 2.48 bits per heavy atom. The number of carbonyl (C=O) groups excluding carboxylic acids is 1. The Morgan fingerprint density at radius 2 is 1.96 bits per heavy atom. The maximum Gasteiger partial charge on any atom is 0.434 e.